The van der Waals surface area contributed by atoms with Gasteiger partial charge in [-0.1, -0.05) is 30.3 Å². The summed E-state index contributed by atoms with van der Waals surface area (Å²) in [5.74, 6) is 0.268. The highest BCUT2D eigenvalue weighted by Crippen LogP contribution is 2.35. The molecule has 0 radical (unpaired) electrons. The zero-order valence-electron chi connectivity index (χ0n) is 16.8. The molecule has 0 spiro atoms. The highest BCUT2D eigenvalue weighted by atomic mass is 32.2. The fraction of sp³-hybridized carbons (Fsp3) is 0.0870. The second kappa shape index (κ2) is 8.53. The third kappa shape index (κ3) is 4.04. The van der Waals surface area contributed by atoms with Crippen molar-refractivity contribution in [3.63, 3.8) is 0 Å². The van der Waals surface area contributed by atoms with Crippen LogP contribution in [0.5, 0.6) is 0 Å². The lowest BCUT2D eigenvalue weighted by molar-refractivity contribution is -0.385. The van der Waals surface area contributed by atoms with Crippen LogP contribution in [0.4, 0.5) is 10.5 Å². The number of furan rings is 1. The molecule has 0 bridgehead atoms. The number of carbonyl (C=O) groups excluding carboxylic acids is 2. The molecule has 0 unspecified atom stereocenters. The van der Waals surface area contributed by atoms with Crippen LogP contribution in [0.15, 0.2) is 63.9 Å². The molecule has 2 heterocycles. The third-order valence-electron chi connectivity index (χ3n) is 4.93. The first-order chi connectivity index (χ1) is 15.4. The van der Waals surface area contributed by atoms with Crippen molar-refractivity contribution in [3.8, 4) is 17.4 Å². The van der Waals surface area contributed by atoms with Crippen LogP contribution in [0.2, 0.25) is 0 Å². The van der Waals surface area contributed by atoms with Gasteiger partial charge >= 0.3 is 0 Å². The Bertz CT molecular complexity index is 1340. The summed E-state index contributed by atoms with van der Waals surface area (Å²) in [7, 11) is 0. The summed E-state index contributed by atoms with van der Waals surface area (Å²) in [6.07, 6.45) is 1.47. The normalized spacial score (nSPS) is 14.8. The van der Waals surface area contributed by atoms with Gasteiger partial charge in [-0.05, 0) is 42.4 Å². The molecule has 9 heteroatoms. The van der Waals surface area contributed by atoms with Crippen molar-refractivity contribution in [3.05, 3.63) is 92.1 Å². The number of hydrogen-bond donors (Lipinski definition) is 0. The van der Waals surface area contributed by atoms with Gasteiger partial charge in [-0.25, -0.2) is 0 Å². The summed E-state index contributed by atoms with van der Waals surface area (Å²) in [6.45, 7) is 1.66. The van der Waals surface area contributed by atoms with Gasteiger partial charge in [-0.2, -0.15) is 5.26 Å². The zero-order valence-corrected chi connectivity index (χ0v) is 17.6. The fourth-order valence-corrected chi connectivity index (χ4v) is 4.07. The largest absolute Gasteiger partial charge is 0.457 e. The van der Waals surface area contributed by atoms with E-state index in [-0.39, 0.29) is 17.1 Å². The third-order valence-corrected chi connectivity index (χ3v) is 5.84. The lowest BCUT2D eigenvalue weighted by Gasteiger charge is -2.13. The van der Waals surface area contributed by atoms with Crippen LogP contribution in [0.3, 0.4) is 0 Å². The lowest BCUT2D eigenvalue weighted by Crippen LogP contribution is -2.27. The van der Waals surface area contributed by atoms with Crippen molar-refractivity contribution >= 4 is 34.7 Å². The van der Waals surface area contributed by atoms with E-state index in [1.807, 2.05) is 0 Å². The summed E-state index contributed by atoms with van der Waals surface area (Å²) in [4.78, 5) is 37.2. The number of nitriles is 1. The van der Waals surface area contributed by atoms with E-state index in [0.29, 0.717) is 33.8 Å². The smallest absolute Gasteiger partial charge is 0.293 e. The average Bonchev–Trinajstić information content (AvgIpc) is 3.34. The van der Waals surface area contributed by atoms with Crippen LogP contribution in [0, 0.1) is 28.4 Å². The van der Waals surface area contributed by atoms with Gasteiger partial charge in [-0.3, -0.25) is 24.6 Å². The summed E-state index contributed by atoms with van der Waals surface area (Å²) in [5, 5.41) is 20.0. The lowest BCUT2D eigenvalue weighted by atomic mass is 10.1. The Balaban J connectivity index is 1.57. The molecule has 4 rings (SSSR count). The number of amides is 2. The maximum atomic E-state index is 12.8. The van der Waals surface area contributed by atoms with E-state index in [9.17, 15) is 25.0 Å². The number of carbonyl (C=O) groups is 2. The number of hydrogen-bond acceptors (Lipinski definition) is 7. The quantitative estimate of drug-likeness (QED) is 0.298. The molecular formula is C23H15N3O5S. The van der Waals surface area contributed by atoms with Crippen molar-refractivity contribution in [1.29, 1.82) is 5.26 Å². The SMILES string of the molecule is Cc1ccc(-c2ccc(/C=C3/SC(=O)N(Cc4ccccc4C#N)C3=O)o2)cc1[N+](=O)[O-]. The number of thioether (sulfide) groups is 1. The Morgan fingerprint density at radius 2 is 1.97 bits per heavy atom. The molecule has 0 N–H and O–H groups in total. The molecule has 0 saturated carbocycles. The van der Waals surface area contributed by atoms with E-state index < -0.39 is 16.1 Å². The number of rotatable bonds is 5. The first kappa shape index (κ1) is 21.1. The molecular weight excluding hydrogens is 430 g/mol. The maximum absolute atomic E-state index is 12.8. The summed E-state index contributed by atoms with van der Waals surface area (Å²) >= 11 is 0.789. The van der Waals surface area contributed by atoms with Crippen LogP contribution in [0.1, 0.15) is 22.5 Å². The second-order valence-electron chi connectivity index (χ2n) is 7.00. The molecule has 158 valence electrons. The molecule has 1 fully saturated rings. The van der Waals surface area contributed by atoms with E-state index in [1.54, 1.807) is 55.5 Å². The number of nitro benzene ring substituents is 1. The molecule has 3 aromatic rings. The number of imide groups is 1. The summed E-state index contributed by atoms with van der Waals surface area (Å²) in [6, 6.07) is 16.9. The van der Waals surface area contributed by atoms with Gasteiger partial charge in [0.1, 0.15) is 11.5 Å². The van der Waals surface area contributed by atoms with E-state index in [0.717, 1.165) is 16.7 Å². The van der Waals surface area contributed by atoms with Gasteiger partial charge in [0.2, 0.25) is 0 Å². The molecule has 2 aromatic carbocycles. The topological polar surface area (TPSA) is 117 Å². The van der Waals surface area contributed by atoms with Crippen LogP contribution in [-0.2, 0) is 11.3 Å². The Morgan fingerprint density at radius 3 is 2.72 bits per heavy atom. The fourth-order valence-electron chi connectivity index (χ4n) is 3.25. The zero-order chi connectivity index (χ0) is 22.8. The van der Waals surface area contributed by atoms with E-state index in [4.69, 9.17) is 4.42 Å². The predicted octanol–water partition coefficient (Wildman–Crippen LogP) is 5.27. The van der Waals surface area contributed by atoms with Gasteiger partial charge in [0.25, 0.3) is 16.8 Å². The highest BCUT2D eigenvalue weighted by Gasteiger charge is 2.35. The summed E-state index contributed by atoms with van der Waals surface area (Å²) < 4.78 is 5.74. The van der Waals surface area contributed by atoms with Gasteiger partial charge in [0.05, 0.1) is 28.0 Å². The molecule has 32 heavy (non-hydrogen) atoms. The average molecular weight is 445 g/mol. The summed E-state index contributed by atoms with van der Waals surface area (Å²) in [5.41, 5.74) is 2.04. The van der Waals surface area contributed by atoms with Gasteiger partial charge in [0, 0.05) is 23.3 Å². The van der Waals surface area contributed by atoms with Crippen molar-refractivity contribution in [2.75, 3.05) is 0 Å². The van der Waals surface area contributed by atoms with Crippen LogP contribution < -0.4 is 0 Å². The Morgan fingerprint density at radius 1 is 1.19 bits per heavy atom. The molecule has 2 amide bonds. The molecule has 1 saturated heterocycles. The minimum atomic E-state index is -0.475. The number of nitro groups is 1. The molecule has 1 aliphatic heterocycles. The Kier molecular flexibility index (Phi) is 5.62. The Hall–Kier alpha value is -4.16. The first-order valence-electron chi connectivity index (χ1n) is 9.46. The molecule has 8 nitrogen and oxygen atoms in total. The van der Waals surface area contributed by atoms with Crippen LogP contribution >= 0.6 is 11.8 Å². The maximum Gasteiger partial charge on any atom is 0.293 e. The monoisotopic (exact) mass is 445 g/mol. The minimum absolute atomic E-state index is 0.00216. The van der Waals surface area contributed by atoms with Crippen molar-refractivity contribution in [2.24, 2.45) is 0 Å². The van der Waals surface area contributed by atoms with E-state index in [1.165, 1.54) is 12.1 Å². The second-order valence-corrected chi connectivity index (χ2v) is 7.99. The minimum Gasteiger partial charge on any atom is -0.457 e. The predicted molar refractivity (Wildman–Crippen MR) is 118 cm³/mol. The van der Waals surface area contributed by atoms with Crippen molar-refractivity contribution in [1.82, 2.24) is 4.90 Å². The van der Waals surface area contributed by atoms with Crippen molar-refractivity contribution in [2.45, 2.75) is 13.5 Å². The van der Waals surface area contributed by atoms with Gasteiger partial charge in [-0.15, -0.1) is 0 Å². The molecule has 0 aliphatic carbocycles. The van der Waals surface area contributed by atoms with Crippen LogP contribution in [0.25, 0.3) is 17.4 Å². The van der Waals surface area contributed by atoms with E-state index in [2.05, 4.69) is 6.07 Å². The highest BCUT2D eigenvalue weighted by molar-refractivity contribution is 8.18. The van der Waals surface area contributed by atoms with Gasteiger partial charge < -0.3 is 4.42 Å². The number of aryl methyl sites for hydroxylation is 1. The molecule has 1 aromatic heterocycles. The number of nitrogens with zero attached hydrogens (tertiary/aromatic N) is 3. The van der Waals surface area contributed by atoms with E-state index >= 15 is 0 Å². The molecule has 1 aliphatic rings. The molecule has 0 atom stereocenters. The number of benzene rings is 2. The Labute approximate surface area is 186 Å². The van der Waals surface area contributed by atoms with Crippen LogP contribution in [-0.4, -0.2) is 21.0 Å². The van der Waals surface area contributed by atoms with Gasteiger partial charge in [0.15, 0.2) is 0 Å². The first-order valence-corrected chi connectivity index (χ1v) is 10.3. The standard InChI is InChI=1S/C23H15N3O5S/c1-14-6-7-15(10-19(14)26(29)30)20-9-8-18(31-20)11-21-22(27)25(23(28)32-21)13-17-5-3-2-4-16(17)12-24/h2-11H,13H2,1H3/b21-11+. The van der Waals surface area contributed by atoms with Crippen molar-refractivity contribution < 1.29 is 18.9 Å².